The Bertz CT molecular complexity index is 505. The normalized spacial score (nSPS) is 12.4. The monoisotopic (exact) mass is 293 g/mol. The van der Waals surface area contributed by atoms with E-state index in [4.69, 9.17) is 9.47 Å². The van der Waals surface area contributed by atoms with Crippen LogP contribution in [0.3, 0.4) is 0 Å². The van der Waals surface area contributed by atoms with Gasteiger partial charge in [-0.2, -0.15) is 0 Å². The molecule has 1 amide bonds. The van der Waals surface area contributed by atoms with E-state index >= 15 is 0 Å². The van der Waals surface area contributed by atoms with Crippen molar-refractivity contribution in [3.63, 3.8) is 0 Å². The predicted octanol–water partition coefficient (Wildman–Crippen LogP) is 3.16. The van der Waals surface area contributed by atoms with Gasteiger partial charge in [-0.3, -0.25) is 0 Å². The molecule has 0 aliphatic heterocycles. The van der Waals surface area contributed by atoms with Crippen molar-refractivity contribution in [1.82, 2.24) is 5.32 Å². The zero-order valence-electron chi connectivity index (χ0n) is 13.2. The molecular weight excluding hydrogens is 270 g/mol. The summed E-state index contributed by atoms with van der Waals surface area (Å²) in [5.41, 5.74) is 1.20. The lowest BCUT2D eigenvalue weighted by Crippen LogP contribution is -2.35. The van der Waals surface area contributed by atoms with Gasteiger partial charge in [0.1, 0.15) is 17.6 Å². The Morgan fingerprint density at radius 2 is 2.05 bits per heavy atom. The molecule has 0 aliphatic rings. The Kier molecular flexibility index (Phi) is 5.76. The van der Waals surface area contributed by atoms with Gasteiger partial charge in [0.2, 0.25) is 0 Å². The summed E-state index contributed by atoms with van der Waals surface area (Å²) in [7, 11) is 1.60. The molecule has 1 N–H and O–H groups in total. The van der Waals surface area contributed by atoms with Crippen molar-refractivity contribution < 1.29 is 19.1 Å². The number of benzene rings is 1. The predicted molar refractivity (Wildman–Crippen MR) is 80.5 cm³/mol. The van der Waals surface area contributed by atoms with Gasteiger partial charge in [0.15, 0.2) is 0 Å². The molecule has 1 aromatic carbocycles. The molecule has 0 fully saturated rings. The third-order valence-electron chi connectivity index (χ3n) is 2.84. The highest BCUT2D eigenvalue weighted by molar-refractivity contribution is 5.69. The Labute approximate surface area is 125 Å². The van der Waals surface area contributed by atoms with Gasteiger partial charge in [-0.1, -0.05) is 12.1 Å². The minimum atomic E-state index is -0.578. The van der Waals surface area contributed by atoms with E-state index in [0.29, 0.717) is 0 Å². The third-order valence-corrected chi connectivity index (χ3v) is 2.84. The molecule has 0 heterocycles. The number of nitrogens with one attached hydrogen (secondary N) is 1. The fraction of sp³-hybridized carbons (Fsp3) is 0.500. The van der Waals surface area contributed by atoms with E-state index in [2.05, 4.69) is 5.32 Å². The fourth-order valence-electron chi connectivity index (χ4n) is 1.94. The first kappa shape index (κ1) is 17.0. The van der Waals surface area contributed by atoms with Crippen LogP contribution in [0.4, 0.5) is 4.79 Å². The number of aryl methyl sites for hydroxylation is 1. The summed E-state index contributed by atoms with van der Waals surface area (Å²) in [5, 5.41) is 2.72. The summed E-state index contributed by atoms with van der Waals surface area (Å²) in [6.07, 6.45) is 0.426. The van der Waals surface area contributed by atoms with Crippen molar-refractivity contribution in [3.05, 3.63) is 29.3 Å². The number of hydrogen-bond donors (Lipinski definition) is 1. The zero-order valence-corrected chi connectivity index (χ0v) is 13.2. The van der Waals surface area contributed by atoms with Gasteiger partial charge in [-0.05, 0) is 44.9 Å². The molecule has 0 unspecified atom stereocenters. The molecule has 5 nitrogen and oxygen atoms in total. The highest BCUT2D eigenvalue weighted by Crippen LogP contribution is 2.24. The Hall–Kier alpha value is -2.04. The van der Waals surface area contributed by atoms with E-state index in [0.717, 1.165) is 23.2 Å². The highest BCUT2D eigenvalue weighted by atomic mass is 16.6. The van der Waals surface area contributed by atoms with E-state index < -0.39 is 17.7 Å². The van der Waals surface area contributed by atoms with E-state index in [-0.39, 0.29) is 6.42 Å². The van der Waals surface area contributed by atoms with Crippen LogP contribution in [0.1, 0.15) is 44.4 Å². The second-order valence-corrected chi connectivity index (χ2v) is 5.83. The smallest absolute Gasteiger partial charge is 0.408 e. The minimum Gasteiger partial charge on any atom is -0.496 e. The summed E-state index contributed by atoms with van der Waals surface area (Å²) in [4.78, 5) is 22.7. The number of carbonyl (C=O) groups excluding carboxylic acids is 2. The third kappa shape index (κ3) is 5.45. The van der Waals surface area contributed by atoms with Gasteiger partial charge in [-0.25, -0.2) is 4.79 Å². The number of hydrogen-bond acceptors (Lipinski definition) is 4. The average molecular weight is 293 g/mol. The number of amides is 1. The molecule has 1 rings (SSSR count). The molecule has 0 radical (unpaired) electrons. The molecule has 5 heteroatoms. The van der Waals surface area contributed by atoms with E-state index in [9.17, 15) is 9.59 Å². The maximum atomic E-state index is 11.9. The lowest BCUT2D eigenvalue weighted by atomic mass is 10.0. The minimum absolute atomic E-state index is 0.186. The summed E-state index contributed by atoms with van der Waals surface area (Å²) in [6.45, 7) is 7.28. The van der Waals surface area contributed by atoms with E-state index in [1.54, 1.807) is 27.9 Å². The first-order valence-electron chi connectivity index (χ1n) is 6.84. The lowest BCUT2D eigenvalue weighted by molar-refractivity contribution is -0.108. The van der Waals surface area contributed by atoms with Crippen LogP contribution in [-0.2, 0) is 9.53 Å². The van der Waals surface area contributed by atoms with Gasteiger partial charge < -0.3 is 19.6 Å². The molecular formula is C16H23NO4. The van der Waals surface area contributed by atoms with Crippen LogP contribution < -0.4 is 10.1 Å². The highest BCUT2D eigenvalue weighted by Gasteiger charge is 2.20. The van der Waals surface area contributed by atoms with Crippen LogP contribution in [-0.4, -0.2) is 25.1 Å². The number of methoxy groups -OCH3 is 1. The van der Waals surface area contributed by atoms with Crippen LogP contribution in [0.25, 0.3) is 0 Å². The van der Waals surface area contributed by atoms with Crippen molar-refractivity contribution in [1.29, 1.82) is 0 Å². The largest absolute Gasteiger partial charge is 0.496 e. The number of carbonyl (C=O) groups is 2. The Morgan fingerprint density at radius 3 is 2.52 bits per heavy atom. The first-order valence-corrected chi connectivity index (χ1v) is 6.84. The number of ether oxygens (including phenoxy) is 2. The molecule has 0 aliphatic carbocycles. The van der Waals surface area contributed by atoms with Gasteiger partial charge >= 0.3 is 6.09 Å². The van der Waals surface area contributed by atoms with Crippen LogP contribution in [0.5, 0.6) is 5.75 Å². The van der Waals surface area contributed by atoms with Crippen molar-refractivity contribution >= 4 is 12.4 Å². The zero-order chi connectivity index (χ0) is 16.0. The second-order valence-electron chi connectivity index (χ2n) is 5.83. The second kappa shape index (κ2) is 7.11. The van der Waals surface area contributed by atoms with Gasteiger partial charge in [-0.15, -0.1) is 0 Å². The van der Waals surface area contributed by atoms with Crippen molar-refractivity contribution in [2.45, 2.75) is 45.8 Å². The van der Waals surface area contributed by atoms with Crippen molar-refractivity contribution in [2.75, 3.05) is 7.11 Å². The molecule has 0 saturated carbocycles. The maximum Gasteiger partial charge on any atom is 0.408 e. The molecule has 21 heavy (non-hydrogen) atoms. The van der Waals surface area contributed by atoms with Crippen LogP contribution >= 0.6 is 0 Å². The van der Waals surface area contributed by atoms with Gasteiger partial charge in [0.25, 0.3) is 0 Å². The van der Waals surface area contributed by atoms with E-state index in [1.807, 2.05) is 25.1 Å². The average Bonchev–Trinajstić information content (AvgIpc) is 2.36. The molecule has 0 spiro atoms. The standard InChI is InChI=1S/C16H23NO4/c1-11-10-12(6-7-14(11)20-5)13(8-9-18)17-15(19)21-16(2,3)4/h6-7,9-10,13H,8H2,1-5H3,(H,17,19)/t13-/m0/s1. The molecule has 1 aromatic rings. The SMILES string of the molecule is COc1ccc([C@H](CC=O)NC(=O)OC(C)(C)C)cc1C. The van der Waals surface area contributed by atoms with Crippen LogP contribution in [0, 0.1) is 6.92 Å². The Balaban J connectivity index is 2.89. The maximum absolute atomic E-state index is 11.9. The van der Waals surface area contributed by atoms with E-state index in [1.165, 1.54) is 0 Å². The van der Waals surface area contributed by atoms with Crippen LogP contribution in [0.15, 0.2) is 18.2 Å². The summed E-state index contributed by atoms with van der Waals surface area (Å²) in [6, 6.07) is 5.13. The van der Waals surface area contributed by atoms with Gasteiger partial charge in [0, 0.05) is 6.42 Å². The number of alkyl carbamates (subject to hydrolysis) is 1. The molecule has 0 saturated heterocycles. The molecule has 0 aromatic heterocycles. The first-order chi connectivity index (χ1) is 9.76. The fourth-order valence-corrected chi connectivity index (χ4v) is 1.94. The summed E-state index contributed by atoms with van der Waals surface area (Å²) >= 11 is 0. The van der Waals surface area contributed by atoms with Crippen molar-refractivity contribution in [2.24, 2.45) is 0 Å². The summed E-state index contributed by atoms with van der Waals surface area (Å²) < 4.78 is 10.4. The van der Waals surface area contributed by atoms with Crippen LogP contribution in [0.2, 0.25) is 0 Å². The number of rotatable bonds is 5. The quantitative estimate of drug-likeness (QED) is 0.847. The number of aldehydes is 1. The van der Waals surface area contributed by atoms with Gasteiger partial charge in [0.05, 0.1) is 13.2 Å². The lowest BCUT2D eigenvalue weighted by Gasteiger charge is -2.23. The summed E-state index contributed by atoms with van der Waals surface area (Å²) in [5.74, 6) is 0.765. The topological polar surface area (TPSA) is 64.6 Å². The molecule has 116 valence electrons. The molecule has 1 atom stereocenters. The molecule has 0 bridgehead atoms. The van der Waals surface area contributed by atoms with Crippen molar-refractivity contribution in [3.8, 4) is 5.75 Å². The Morgan fingerprint density at radius 1 is 1.38 bits per heavy atom.